The van der Waals surface area contributed by atoms with Crippen molar-refractivity contribution in [2.24, 2.45) is 0 Å². The van der Waals surface area contributed by atoms with Crippen LogP contribution in [0.25, 0.3) is 0 Å². The second-order valence-corrected chi connectivity index (χ2v) is 4.58. The first-order valence-electron chi connectivity index (χ1n) is 6.18. The van der Waals surface area contributed by atoms with Gasteiger partial charge in [0.05, 0.1) is 0 Å². The third-order valence-electron chi connectivity index (χ3n) is 2.62. The molecule has 0 saturated carbocycles. The summed E-state index contributed by atoms with van der Waals surface area (Å²) < 4.78 is 0. The van der Waals surface area contributed by atoms with Crippen molar-refractivity contribution in [1.82, 2.24) is 0 Å². The van der Waals surface area contributed by atoms with Gasteiger partial charge in [-0.25, -0.2) is 0 Å². The molecular weight excluding hydrogens is 286 g/mol. The highest BCUT2D eigenvalue weighted by atomic mass is 35.5. The highest BCUT2D eigenvalue weighted by Crippen LogP contribution is 2.14. The Morgan fingerprint density at radius 3 is 2.33 bits per heavy atom. The minimum absolute atomic E-state index is 0.0196. The van der Waals surface area contributed by atoms with Crippen LogP contribution in [0.2, 0.25) is 5.02 Å². The number of benzene rings is 2. The van der Waals surface area contributed by atoms with Gasteiger partial charge in [0.25, 0.3) is 5.91 Å². The van der Waals surface area contributed by atoms with Crippen LogP contribution in [0, 0.1) is 11.3 Å². The van der Waals surface area contributed by atoms with Crippen molar-refractivity contribution in [2.45, 2.75) is 0 Å². The highest BCUT2D eigenvalue weighted by molar-refractivity contribution is 6.30. The van der Waals surface area contributed by atoms with Gasteiger partial charge in [-0.3, -0.25) is 4.79 Å². The van der Waals surface area contributed by atoms with E-state index in [1.807, 2.05) is 12.1 Å². The molecule has 0 aliphatic carbocycles. The molecule has 0 saturated heterocycles. The Morgan fingerprint density at radius 1 is 1.05 bits per heavy atom. The maximum Gasteiger partial charge on any atom is 0.267 e. The first-order valence-corrected chi connectivity index (χ1v) is 6.55. The molecule has 2 aromatic rings. The molecular formula is C16H12ClN3O. The summed E-state index contributed by atoms with van der Waals surface area (Å²) in [5.41, 5.74) is 1.35. The average molecular weight is 298 g/mol. The SMILES string of the molecule is N#C/C(=C\Nc1ccc(Cl)cc1)C(=O)Nc1ccccc1. The molecule has 2 rings (SSSR count). The molecule has 1 amide bonds. The van der Waals surface area contributed by atoms with Gasteiger partial charge in [-0.05, 0) is 36.4 Å². The molecule has 0 atom stereocenters. The molecule has 0 fully saturated rings. The zero-order valence-electron chi connectivity index (χ0n) is 11.0. The van der Waals surface area contributed by atoms with E-state index in [4.69, 9.17) is 16.9 Å². The van der Waals surface area contributed by atoms with Crippen LogP contribution >= 0.6 is 11.6 Å². The minimum Gasteiger partial charge on any atom is -0.360 e. The quantitative estimate of drug-likeness (QED) is 0.666. The fraction of sp³-hybridized carbons (Fsp3) is 0. The zero-order chi connectivity index (χ0) is 15.1. The van der Waals surface area contributed by atoms with E-state index < -0.39 is 5.91 Å². The predicted octanol–water partition coefficient (Wildman–Crippen LogP) is 3.80. The summed E-state index contributed by atoms with van der Waals surface area (Å²) in [6.45, 7) is 0. The minimum atomic E-state index is -0.467. The summed E-state index contributed by atoms with van der Waals surface area (Å²) in [6, 6.07) is 17.8. The van der Waals surface area contributed by atoms with Crippen LogP contribution in [-0.4, -0.2) is 5.91 Å². The third kappa shape index (κ3) is 4.37. The summed E-state index contributed by atoms with van der Waals surface area (Å²) in [6.07, 6.45) is 1.36. The van der Waals surface area contributed by atoms with Gasteiger partial charge < -0.3 is 10.6 Å². The lowest BCUT2D eigenvalue weighted by molar-refractivity contribution is -0.112. The number of nitrogens with one attached hydrogen (secondary N) is 2. The Labute approximate surface area is 127 Å². The van der Waals surface area contributed by atoms with Gasteiger partial charge in [0.2, 0.25) is 0 Å². The van der Waals surface area contributed by atoms with Crippen molar-refractivity contribution in [3.8, 4) is 6.07 Å². The van der Waals surface area contributed by atoms with Gasteiger partial charge >= 0.3 is 0 Å². The molecule has 0 heterocycles. The largest absolute Gasteiger partial charge is 0.360 e. The van der Waals surface area contributed by atoms with Gasteiger partial charge in [0.1, 0.15) is 11.6 Å². The van der Waals surface area contributed by atoms with Crippen LogP contribution in [0.3, 0.4) is 0 Å². The van der Waals surface area contributed by atoms with Crippen LogP contribution in [0.1, 0.15) is 0 Å². The summed E-state index contributed by atoms with van der Waals surface area (Å²) in [5.74, 6) is -0.467. The average Bonchev–Trinajstić information content (AvgIpc) is 2.51. The van der Waals surface area contributed by atoms with E-state index in [1.165, 1.54) is 6.20 Å². The van der Waals surface area contributed by atoms with E-state index in [2.05, 4.69) is 10.6 Å². The number of carbonyl (C=O) groups excluding carboxylic acids is 1. The van der Waals surface area contributed by atoms with Crippen molar-refractivity contribution >= 4 is 28.9 Å². The number of rotatable bonds is 4. The van der Waals surface area contributed by atoms with Crippen LogP contribution in [0.5, 0.6) is 0 Å². The van der Waals surface area contributed by atoms with Gasteiger partial charge in [-0.2, -0.15) is 5.26 Å². The van der Waals surface area contributed by atoms with E-state index >= 15 is 0 Å². The van der Waals surface area contributed by atoms with E-state index in [0.29, 0.717) is 10.7 Å². The molecule has 0 aromatic heterocycles. The van der Waals surface area contributed by atoms with Crippen LogP contribution in [0.15, 0.2) is 66.4 Å². The molecule has 0 bridgehead atoms. The zero-order valence-corrected chi connectivity index (χ0v) is 11.8. The Balaban J connectivity index is 2.05. The van der Waals surface area contributed by atoms with Crippen molar-refractivity contribution in [2.75, 3.05) is 10.6 Å². The van der Waals surface area contributed by atoms with Gasteiger partial charge in [0, 0.05) is 22.6 Å². The highest BCUT2D eigenvalue weighted by Gasteiger charge is 2.08. The second kappa shape index (κ2) is 7.13. The van der Waals surface area contributed by atoms with Crippen LogP contribution < -0.4 is 10.6 Å². The van der Waals surface area contributed by atoms with Gasteiger partial charge in [-0.1, -0.05) is 29.8 Å². The second-order valence-electron chi connectivity index (χ2n) is 4.14. The number of halogens is 1. The fourth-order valence-corrected chi connectivity index (χ4v) is 1.70. The maximum absolute atomic E-state index is 12.0. The van der Waals surface area contributed by atoms with Crippen molar-refractivity contribution in [3.63, 3.8) is 0 Å². The molecule has 0 unspecified atom stereocenters. The number of hydrogen-bond acceptors (Lipinski definition) is 3. The first-order chi connectivity index (χ1) is 10.2. The smallest absolute Gasteiger partial charge is 0.267 e. The number of para-hydroxylation sites is 1. The lowest BCUT2D eigenvalue weighted by Crippen LogP contribution is -2.14. The molecule has 5 heteroatoms. The molecule has 4 nitrogen and oxygen atoms in total. The number of hydrogen-bond donors (Lipinski definition) is 2. The maximum atomic E-state index is 12.0. The van der Waals surface area contributed by atoms with E-state index in [0.717, 1.165) is 5.69 Å². The Kier molecular flexibility index (Phi) is 4.97. The van der Waals surface area contributed by atoms with E-state index in [9.17, 15) is 4.79 Å². The topological polar surface area (TPSA) is 64.9 Å². The Morgan fingerprint density at radius 2 is 1.71 bits per heavy atom. The molecule has 2 aromatic carbocycles. The number of amides is 1. The number of anilines is 2. The van der Waals surface area contributed by atoms with Gasteiger partial charge in [-0.15, -0.1) is 0 Å². The van der Waals surface area contributed by atoms with E-state index in [-0.39, 0.29) is 5.57 Å². The Bertz CT molecular complexity index is 688. The molecule has 0 spiro atoms. The van der Waals surface area contributed by atoms with Crippen molar-refractivity contribution < 1.29 is 4.79 Å². The lowest BCUT2D eigenvalue weighted by Gasteiger charge is -2.05. The fourth-order valence-electron chi connectivity index (χ4n) is 1.57. The lowest BCUT2D eigenvalue weighted by atomic mass is 10.2. The molecule has 21 heavy (non-hydrogen) atoms. The van der Waals surface area contributed by atoms with Crippen LogP contribution in [0.4, 0.5) is 11.4 Å². The van der Waals surface area contributed by atoms with Crippen LogP contribution in [-0.2, 0) is 4.79 Å². The molecule has 0 aliphatic rings. The summed E-state index contributed by atoms with van der Waals surface area (Å²) in [5, 5.41) is 15.2. The third-order valence-corrected chi connectivity index (χ3v) is 2.88. The molecule has 2 N–H and O–H groups in total. The standard InChI is InChI=1S/C16H12ClN3O/c17-13-6-8-14(9-7-13)19-11-12(10-18)16(21)20-15-4-2-1-3-5-15/h1-9,11,19H,(H,20,21)/b12-11+. The molecule has 0 aliphatic heterocycles. The normalized spacial score (nSPS) is 10.6. The number of carbonyl (C=O) groups is 1. The summed E-state index contributed by atoms with van der Waals surface area (Å²) >= 11 is 5.78. The Hall–Kier alpha value is -2.77. The number of nitrogens with zero attached hydrogens (tertiary/aromatic N) is 1. The van der Waals surface area contributed by atoms with E-state index in [1.54, 1.807) is 48.5 Å². The van der Waals surface area contributed by atoms with Gasteiger partial charge in [0.15, 0.2) is 0 Å². The first kappa shape index (κ1) is 14.6. The summed E-state index contributed by atoms with van der Waals surface area (Å²) in [7, 11) is 0. The monoisotopic (exact) mass is 297 g/mol. The summed E-state index contributed by atoms with van der Waals surface area (Å²) in [4.78, 5) is 12.0. The molecule has 104 valence electrons. The molecule has 0 radical (unpaired) electrons. The van der Waals surface area contributed by atoms with Crippen molar-refractivity contribution in [1.29, 1.82) is 5.26 Å². The predicted molar refractivity (Wildman–Crippen MR) is 83.8 cm³/mol. The number of nitriles is 1. The van der Waals surface area contributed by atoms with Crippen molar-refractivity contribution in [3.05, 3.63) is 71.4 Å².